The molecule has 2 nitrogen and oxygen atoms in total. The number of anilines is 1. The zero-order chi connectivity index (χ0) is 9.97. The van der Waals surface area contributed by atoms with E-state index in [1.165, 1.54) is 16.8 Å². The van der Waals surface area contributed by atoms with Gasteiger partial charge in [-0.1, -0.05) is 18.2 Å². The Bertz CT molecular complexity index is 336. The predicted octanol–water partition coefficient (Wildman–Crippen LogP) is 1.74. The number of benzene rings is 1. The summed E-state index contributed by atoms with van der Waals surface area (Å²) in [5.41, 5.74) is 4.00. The van der Waals surface area contributed by atoms with Gasteiger partial charge in [0.15, 0.2) is 0 Å². The predicted molar refractivity (Wildman–Crippen MR) is 61.6 cm³/mol. The summed E-state index contributed by atoms with van der Waals surface area (Å²) in [5, 5.41) is 3.31. The van der Waals surface area contributed by atoms with Crippen LogP contribution in [0.1, 0.15) is 5.56 Å². The van der Waals surface area contributed by atoms with Gasteiger partial charge in [-0.25, -0.2) is 0 Å². The molecule has 0 radical (unpaired) electrons. The summed E-state index contributed by atoms with van der Waals surface area (Å²) >= 11 is 0. The maximum absolute atomic E-state index is 3.31. The van der Waals surface area contributed by atoms with E-state index >= 15 is 0 Å². The highest BCUT2D eigenvalue weighted by molar-refractivity contribution is 5.70. The van der Waals surface area contributed by atoms with Crippen molar-refractivity contribution in [2.75, 3.05) is 32.1 Å². The van der Waals surface area contributed by atoms with E-state index in [1.54, 1.807) is 0 Å². The summed E-state index contributed by atoms with van der Waals surface area (Å²) in [6.07, 6.45) is 2.25. The maximum Gasteiger partial charge on any atom is 0.0361 e. The molecule has 0 amide bonds. The Kier molecular flexibility index (Phi) is 2.55. The van der Waals surface area contributed by atoms with Crippen LogP contribution in [0.25, 0.3) is 5.57 Å². The molecule has 0 aliphatic carbocycles. The first-order chi connectivity index (χ1) is 6.77. The molecular formula is C12H16N2. The first-order valence-electron chi connectivity index (χ1n) is 4.95. The van der Waals surface area contributed by atoms with Crippen LogP contribution in [0, 0.1) is 0 Å². The summed E-state index contributed by atoms with van der Waals surface area (Å²) in [6, 6.07) is 8.70. The summed E-state index contributed by atoms with van der Waals surface area (Å²) in [6.45, 7) is 2.01. The highest BCUT2D eigenvalue weighted by Gasteiger charge is 2.05. The molecule has 1 heterocycles. The minimum absolute atomic E-state index is 1.00. The fourth-order valence-corrected chi connectivity index (χ4v) is 1.67. The molecule has 74 valence electrons. The molecule has 2 rings (SSSR count). The highest BCUT2D eigenvalue weighted by Crippen LogP contribution is 2.19. The summed E-state index contributed by atoms with van der Waals surface area (Å²) in [7, 11) is 4.12. The van der Waals surface area contributed by atoms with Crippen LogP contribution in [0.3, 0.4) is 0 Å². The molecule has 2 heteroatoms. The first kappa shape index (κ1) is 9.28. The molecule has 1 aromatic rings. The topological polar surface area (TPSA) is 15.3 Å². The smallest absolute Gasteiger partial charge is 0.0361 e. The third-order valence-electron chi connectivity index (χ3n) is 2.56. The van der Waals surface area contributed by atoms with Crippen LogP contribution in [0.15, 0.2) is 30.3 Å². The van der Waals surface area contributed by atoms with Crippen LogP contribution in [0.2, 0.25) is 0 Å². The second-order valence-electron chi connectivity index (χ2n) is 3.80. The number of rotatable bonds is 2. The van der Waals surface area contributed by atoms with Gasteiger partial charge in [-0.3, -0.25) is 0 Å². The van der Waals surface area contributed by atoms with Crippen molar-refractivity contribution >= 4 is 11.3 Å². The maximum atomic E-state index is 3.31. The number of hydrogen-bond acceptors (Lipinski definition) is 2. The third kappa shape index (κ3) is 1.80. The van der Waals surface area contributed by atoms with Crippen molar-refractivity contribution in [1.29, 1.82) is 0 Å². The number of nitrogens with one attached hydrogen (secondary N) is 1. The number of nitrogens with zero attached hydrogens (tertiary/aromatic N) is 1. The molecule has 0 spiro atoms. The monoisotopic (exact) mass is 188 g/mol. The van der Waals surface area contributed by atoms with Crippen LogP contribution < -0.4 is 10.2 Å². The van der Waals surface area contributed by atoms with Gasteiger partial charge in [-0.2, -0.15) is 0 Å². The van der Waals surface area contributed by atoms with Crippen LogP contribution in [0.4, 0.5) is 5.69 Å². The van der Waals surface area contributed by atoms with Gasteiger partial charge >= 0.3 is 0 Å². The molecule has 1 N–H and O–H groups in total. The van der Waals surface area contributed by atoms with Gasteiger partial charge < -0.3 is 10.2 Å². The van der Waals surface area contributed by atoms with E-state index in [1.807, 2.05) is 0 Å². The number of hydrogen-bond donors (Lipinski definition) is 1. The van der Waals surface area contributed by atoms with Gasteiger partial charge in [0.25, 0.3) is 0 Å². The minimum Gasteiger partial charge on any atom is -0.378 e. The molecule has 0 saturated carbocycles. The fourth-order valence-electron chi connectivity index (χ4n) is 1.67. The fraction of sp³-hybridized carbons (Fsp3) is 0.333. The van der Waals surface area contributed by atoms with Crippen LogP contribution in [-0.4, -0.2) is 27.2 Å². The van der Waals surface area contributed by atoms with Crippen molar-refractivity contribution in [3.63, 3.8) is 0 Å². The molecule has 0 aromatic heterocycles. The Balaban J connectivity index is 2.21. The quantitative estimate of drug-likeness (QED) is 0.760. The first-order valence-corrected chi connectivity index (χ1v) is 4.95. The normalized spacial score (nSPS) is 15.4. The van der Waals surface area contributed by atoms with E-state index in [0.29, 0.717) is 0 Å². The van der Waals surface area contributed by atoms with Gasteiger partial charge in [0.2, 0.25) is 0 Å². The van der Waals surface area contributed by atoms with E-state index in [4.69, 9.17) is 0 Å². The largest absolute Gasteiger partial charge is 0.378 e. The average molecular weight is 188 g/mol. The van der Waals surface area contributed by atoms with Gasteiger partial charge in [-0.05, 0) is 23.3 Å². The van der Waals surface area contributed by atoms with Crippen molar-refractivity contribution in [2.45, 2.75) is 0 Å². The molecule has 0 unspecified atom stereocenters. The summed E-state index contributed by atoms with van der Waals surface area (Å²) < 4.78 is 0. The van der Waals surface area contributed by atoms with E-state index in [9.17, 15) is 0 Å². The molecule has 1 aliphatic rings. The molecule has 0 atom stereocenters. The lowest BCUT2D eigenvalue weighted by atomic mass is 10.1. The lowest BCUT2D eigenvalue weighted by Gasteiger charge is -2.12. The van der Waals surface area contributed by atoms with Gasteiger partial charge in [0.1, 0.15) is 0 Å². The molecule has 1 aliphatic heterocycles. The highest BCUT2D eigenvalue weighted by atomic mass is 15.1. The molecule has 0 saturated heterocycles. The zero-order valence-corrected chi connectivity index (χ0v) is 8.75. The van der Waals surface area contributed by atoms with Crippen molar-refractivity contribution in [3.05, 3.63) is 35.9 Å². The molecule has 0 bridgehead atoms. The molecule has 14 heavy (non-hydrogen) atoms. The van der Waals surface area contributed by atoms with E-state index < -0.39 is 0 Å². The van der Waals surface area contributed by atoms with E-state index in [-0.39, 0.29) is 0 Å². The van der Waals surface area contributed by atoms with Gasteiger partial charge in [-0.15, -0.1) is 0 Å². The Hall–Kier alpha value is -1.28. The standard InChI is InChI=1S/C12H16N2/c1-14(2)12-5-3-10(4-6-12)11-7-8-13-9-11/h3-7,13H,8-9H2,1-2H3. The van der Waals surface area contributed by atoms with E-state index in [0.717, 1.165) is 13.1 Å². The Morgan fingerprint density at radius 1 is 1.14 bits per heavy atom. The van der Waals surface area contributed by atoms with Gasteiger partial charge in [0, 0.05) is 32.9 Å². The average Bonchev–Trinajstić information content (AvgIpc) is 2.71. The van der Waals surface area contributed by atoms with Crippen LogP contribution >= 0.6 is 0 Å². The van der Waals surface area contributed by atoms with E-state index in [2.05, 4.69) is 54.7 Å². The molecular weight excluding hydrogens is 172 g/mol. The van der Waals surface area contributed by atoms with Crippen LogP contribution in [-0.2, 0) is 0 Å². The minimum atomic E-state index is 1.00. The Labute approximate surface area is 85.2 Å². The lowest BCUT2D eigenvalue weighted by Crippen LogP contribution is -2.09. The van der Waals surface area contributed by atoms with Crippen molar-refractivity contribution in [1.82, 2.24) is 5.32 Å². The summed E-state index contributed by atoms with van der Waals surface area (Å²) in [5.74, 6) is 0. The summed E-state index contributed by atoms with van der Waals surface area (Å²) in [4.78, 5) is 2.12. The lowest BCUT2D eigenvalue weighted by molar-refractivity contribution is 0.897. The Morgan fingerprint density at radius 3 is 2.36 bits per heavy atom. The molecule has 1 aromatic carbocycles. The molecule has 0 fully saturated rings. The van der Waals surface area contributed by atoms with Gasteiger partial charge in [0.05, 0.1) is 0 Å². The second-order valence-corrected chi connectivity index (χ2v) is 3.80. The Morgan fingerprint density at radius 2 is 1.86 bits per heavy atom. The second kappa shape index (κ2) is 3.84. The zero-order valence-electron chi connectivity index (χ0n) is 8.75. The third-order valence-corrected chi connectivity index (χ3v) is 2.56. The van der Waals surface area contributed by atoms with Crippen molar-refractivity contribution < 1.29 is 0 Å². The SMILES string of the molecule is CN(C)c1ccc(C2=CCNC2)cc1. The van der Waals surface area contributed by atoms with Crippen molar-refractivity contribution in [3.8, 4) is 0 Å². The van der Waals surface area contributed by atoms with Crippen molar-refractivity contribution in [2.24, 2.45) is 0 Å². The van der Waals surface area contributed by atoms with Crippen LogP contribution in [0.5, 0.6) is 0 Å².